The number of rotatable bonds is 5. The number of furan rings is 1. The summed E-state index contributed by atoms with van der Waals surface area (Å²) in [5.74, 6) is 0. The molecule has 2 heteroatoms. The van der Waals surface area contributed by atoms with Gasteiger partial charge in [0.25, 0.3) is 0 Å². The van der Waals surface area contributed by atoms with E-state index in [4.69, 9.17) is 12.6 Å². The Balaban J connectivity index is 1.38. The van der Waals surface area contributed by atoms with Gasteiger partial charge in [0.2, 0.25) is 0 Å². The lowest BCUT2D eigenvalue weighted by Crippen LogP contribution is -2.11. The van der Waals surface area contributed by atoms with Crippen molar-refractivity contribution in [2.75, 3.05) is 4.90 Å². The first-order valence-electron chi connectivity index (χ1n) is 18.6. The monoisotopic (exact) mass is 594 g/mol. The summed E-state index contributed by atoms with van der Waals surface area (Å²) in [6.07, 6.45) is 0. The zero-order valence-electron chi connectivity index (χ0n) is 31.6. The zero-order valence-corrected chi connectivity index (χ0v) is 24.6. The van der Waals surface area contributed by atoms with E-state index >= 15 is 0 Å². The minimum Gasteiger partial charge on any atom is -0.455 e. The molecule has 0 N–H and O–H groups in total. The van der Waals surface area contributed by atoms with Crippen LogP contribution in [0.25, 0.3) is 65.7 Å². The van der Waals surface area contributed by atoms with E-state index in [9.17, 15) is 1.37 Å². The Morgan fingerprint density at radius 2 is 1.20 bits per heavy atom. The minimum atomic E-state index is -0.496. The standard InChI is InChI=1S/C44H29NO/c1-2-12-30(13-3-1)31-24-27-34(28-25-31)45(40-22-10-16-32-14-4-6-17-35(32)40)41-21-9-8-19-37(41)38-20-11-23-42-43(38)39-29-26-33-15-5-7-18-36(33)44(39)46-42/h1-29H/i4D,6D,10D,14D,16D,17D,22D. The number of nitrogens with zero attached hydrogens (tertiary/aromatic N) is 1. The highest BCUT2D eigenvalue weighted by Crippen LogP contribution is 2.47. The summed E-state index contributed by atoms with van der Waals surface area (Å²) >= 11 is 0. The third-order valence-electron chi connectivity index (χ3n) is 8.57. The Kier molecular flexibility index (Phi) is 4.70. The molecule has 0 saturated carbocycles. The molecule has 0 atom stereocenters. The molecule has 0 fully saturated rings. The molecule has 216 valence electrons. The van der Waals surface area contributed by atoms with Crippen molar-refractivity contribution < 1.29 is 14.0 Å². The van der Waals surface area contributed by atoms with Crippen LogP contribution < -0.4 is 4.90 Å². The molecule has 0 radical (unpaired) electrons. The maximum atomic E-state index is 9.36. The van der Waals surface area contributed by atoms with Gasteiger partial charge in [0.05, 0.1) is 21.0 Å². The van der Waals surface area contributed by atoms with Crippen molar-refractivity contribution in [3.05, 3.63) is 176 Å². The molecule has 0 bridgehead atoms. The van der Waals surface area contributed by atoms with E-state index in [1.54, 1.807) is 4.90 Å². The van der Waals surface area contributed by atoms with Crippen LogP contribution in [0.1, 0.15) is 9.60 Å². The fourth-order valence-electron chi connectivity index (χ4n) is 6.46. The number of para-hydroxylation sites is 1. The van der Waals surface area contributed by atoms with E-state index in [2.05, 4.69) is 18.2 Å². The molecule has 1 aromatic heterocycles. The SMILES string of the molecule is [2H]c1c([2H])c([2H])c2c(N(c3ccc(-c4ccccc4)cc3)c3ccccc3-c3cccc4oc5c6ccccc6ccc5c34)c([2H])c([2H])c([2H])c2c1[2H]. The first-order chi connectivity index (χ1) is 25.7. The highest BCUT2D eigenvalue weighted by Gasteiger charge is 2.22. The molecule has 0 spiro atoms. The molecule has 46 heavy (non-hydrogen) atoms. The minimum absolute atomic E-state index is 0.00220. The van der Waals surface area contributed by atoms with Gasteiger partial charge in [-0.2, -0.15) is 0 Å². The zero-order chi connectivity index (χ0) is 36.5. The van der Waals surface area contributed by atoms with Gasteiger partial charge in [0.1, 0.15) is 11.2 Å². The molecule has 0 aliphatic heterocycles. The van der Waals surface area contributed by atoms with Crippen molar-refractivity contribution >= 4 is 60.5 Å². The van der Waals surface area contributed by atoms with Crippen LogP contribution in [0.15, 0.2) is 180 Å². The van der Waals surface area contributed by atoms with Crippen LogP contribution in [0.4, 0.5) is 17.1 Å². The second kappa shape index (κ2) is 10.8. The summed E-state index contributed by atoms with van der Waals surface area (Å²) in [7, 11) is 0. The van der Waals surface area contributed by atoms with E-state index in [-0.39, 0.29) is 28.5 Å². The van der Waals surface area contributed by atoms with Crippen LogP contribution in [0.5, 0.6) is 0 Å². The number of hydrogen-bond donors (Lipinski definition) is 0. The summed E-state index contributed by atoms with van der Waals surface area (Å²) in [5, 5.41) is 3.80. The smallest absolute Gasteiger partial charge is 0.143 e. The lowest BCUT2D eigenvalue weighted by molar-refractivity contribution is 0.673. The average molecular weight is 595 g/mol. The van der Waals surface area contributed by atoms with Crippen LogP contribution >= 0.6 is 0 Å². The van der Waals surface area contributed by atoms with Gasteiger partial charge in [0.15, 0.2) is 0 Å². The van der Waals surface area contributed by atoms with E-state index in [0.29, 0.717) is 17.0 Å². The maximum Gasteiger partial charge on any atom is 0.143 e. The van der Waals surface area contributed by atoms with Crippen LogP contribution in [-0.2, 0) is 0 Å². The quantitative estimate of drug-likeness (QED) is 0.197. The van der Waals surface area contributed by atoms with E-state index in [0.717, 1.165) is 49.4 Å². The third kappa shape index (κ3) is 4.27. The molecule has 0 saturated heterocycles. The van der Waals surface area contributed by atoms with E-state index < -0.39 is 30.2 Å². The van der Waals surface area contributed by atoms with Crippen LogP contribution in [0.3, 0.4) is 0 Å². The number of anilines is 3. The van der Waals surface area contributed by atoms with Gasteiger partial charge in [-0.25, -0.2) is 0 Å². The highest BCUT2D eigenvalue weighted by molar-refractivity contribution is 6.20. The molecule has 2 nitrogen and oxygen atoms in total. The lowest BCUT2D eigenvalue weighted by atomic mass is 9.95. The summed E-state index contributed by atoms with van der Waals surface area (Å²) in [5.41, 5.74) is 6.40. The summed E-state index contributed by atoms with van der Waals surface area (Å²) in [6.45, 7) is 0. The molecular weight excluding hydrogens is 558 g/mol. The molecule has 8 aromatic carbocycles. The Bertz CT molecular complexity index is 2910. The van der Waals surface area contributed by atoms with Gasteiger partial charge in [-0.15, -0.1) is 0 Å². The first-order valence-corrected chi connectivity index (χ1v) is 15.1. The predicted molar refractivity (Wildman–Crippen MR) is 194 cm³/mol. The summed E-state index contributed by atoms with van der Waals surface area (Å²) < 4.78 is 68.6. The second-order valence-electron chi connectivity index (χ2n) is 11.2. The molecule has 9 aromatic rings. The largest absolute Gasteiger partial charge is 0.455 e. The average Bonchev–Trinajstić information content (AvgIpc) is 3.60. The lowest BCUT2D eigenvalue weighted by Gasteiger charge is -2.29. The van der Waals surface area contributed by atoms with E-state index in [1.165, 1.54) is 0 Å². The predicted octanol–water partition coefficient (Wildman–Crippen LogP) is 12.7. The first kappa shape index (κ1) is 20.0. The maximum absolute atomic E-state index is 9.36. The van der Waals surface area contributed by atoms with Crippen molar-refractivity contribution in [2.45, 2.75) is 0 Å². The van der Waals surface area contributed by atoms with Crippen molar-refractivity contribution in [1.82, 2.24) is 0 Å². The Hall–Kier alpha value is -6.12. The molecule has 1 heterocycles. The topological polar surface area (TPSA) is 16.4 Å². The van der Waals surface area contributed by atoms with Crippen molar-refractivity contribution in [1.29, 1.82) is 0 Å². The normalized spacial score (nSPS) is 13.6. The van der Waals surface area contributed by atoms with Gasteiger partial charge in [-0.1, -0.05) is 139 Å². The van der Waals surface area contributed by atoms with Crippen molar-refractivity contribution in [2.24, 2.45) is 0 Å². The van der Waals surface area contributed by atoms with Crippen LogP contribution in [0.2, 0.25) is 0 Å². The second-order valence-corrected chi connectivity index (χ2v) is 11.2. The number of fused-ring (bicyclic) bond motifs is 6. The van der Waals surface area contributed by atoms with Gasteiger partial charge in [-0.3, -0.25) is 0 Å². The molecule has 0 aliphatic rings. The molecular formula is C44H29NO. The Morgan fingerprint density at radius 3 is 2.11 bits per heavy atom. The number of benzene rings is 8. The molecule has 0 aliphatic carbocycles. The van der Waals surface area contributed by atoms with Gasteiger partial charge < -0.3 is 9.32 Å². The van der Waals surface area contributed by atoms with Gasteiger partial charge in [0, 0.05) is 32.8 Å². The van der Waals surface area contributed by atoms with Gasteiger partial charge >= 0.3 is 0 Å². The fourth-order valence-corrected chi connectivity index (χ4v) is 6.46. The summed E-state index contributed by atoms with van der Waals surface area (Å²) in [6, 6.07) is 40.6. The van der Waals surface area contributed by atoms with Gasteiger partial charge in [-0.05, 0) is 63.8 Å². The summed E-state index contributed by atoms with van der Waals surface area (Å²) in [4.78, 5) is 1.79. The van der Waals surface area contributed by atoms with E-state index in [1.807, 2.05) is 115 Å². The Labute approximate surface area is 277 Å². The molecule has 0 amide bonds. The molecule has 0 unspecified atom stereocenters. The van der Waals surface area contributed by atoms with Crippen LogP contribution in [-0.4, -0.2) is 0 Å². The fraction of sp³-hybridized carbons (Fsp3) is 0. The molecule has 9 rings (SSSR count). The van der Waals surface area contributed by atoms with Crippen LogP contribution in [0, 0.1) is 0 Å². The number of hydrogen-bond acceptors (Lipinski definition) is 2. The Morgan fingerprint density at radius 1 is 0.457 bits per heavy atom. The van der Waals surface area contributed by atoms with Crippen molar-refractivity contribution in [3.8, 4) is 22.3 Å². The van der Waals surface area contributed by atoms with Crippen molar-refractivity contribution in [3.63, 3.8) is 0 Å². The third-order valence-corrected chi connectivity index (χ3v) is 8.57. The highest BCUT2D eigenvalue weighted by atomic mass is 16.3.